The van der Waals surface area contributed by atoms with Gasteiger partial charge >= 0.3 is 5.92 Å². The summed E-state index contributed by atoms with van der Waals surface area (Å²) in [6, 6.07) is 2.36. The first-order valence-corrected chi connectivity index (χ1v) is 9.81. The first-order valence-electron chi connectivity index (χ1n) is 11.9. The summed E-state index contributed by atoms with van der Waals surface area (Å²) in [5.41, 5.74) is -2.09. The lowest BCUT2D eigenvalue weighted by molar-refractivity contribution is -0.147. The highest BCUT2D eigenvalue weighted by Crippen LogP contribution is 2.30. The van der Waals surface area contributed by atoms with Crippen LogP contribution in [0.25, 0.3) is 0 Å². The van der Waals surface area contributed by atoms with Crippen molar-refractivity contribution in [2.24, 2.45) is 0 Å². The number of benzene rings is 2. The lowest BCUT2D eigenvalue weighted by Crippen LogP contribution is -2.52. The van der Waals surface area contributed by atoms with Crippen molar-refractivity contribution in [3.8, 4) is 0 Å². The maximum absolute atomic E-state index is 14.7. The molecule has 2 aliphatic heterocycles. The normalized spacial score (nSPS) is 22.2. The van der Waals surface area contributed by atoms with Crippen molar-refractivity contribution in [3.05, 3.63) is 69.7 Å². The topological polar surface area (TPSA) is 95.6 Å². The average Bonchev–Trinajstić information content (AvgIpc) is 3.01. The number of halogens is 3. The second-order valence-corrected chi connectivity index (χ2v) is 7.57. The number of rotatable bonds is 5. The zero-order valence-corrected chi connectivity index (χ0v) is 17.0. The molecule has 0 bridgehead atoms. The quantitative estimate of drug-likeness (QED) is 0.662. The van der Waals surface area contributed by atoms with Gasteiger partial charge in [-0.15, -0.1) is 0 Å². The van der Waals surface area contributed by atoms with Crippen molar-refractivity contribution in [1.29, 1.82) is 0 Å². The lowest BCUT2D eigenvalue weighted by Gasteiger charge is -2.29. The molecule has 0 aromatic heterocycles. The molecule has 0 spiro atoms. The number of nitrogens with one attached hydrogen (secondary N) is 2. The van der Waals surface area contributed by atoms with E-state index in [0.717, 1.165) is 30.3 Å². The fraction of sp³-hybridized carbons (Fsp3) is 0.273. The van der Waals surface area contributed by atoms with E-state index in [1.54, 1.807) is 0 Å². The molecule has 2 aromatic carbocycles. The van der Waals surface area contributed by atoms with Crippen LogP contribution in [0.1, 0.15) is 45.4 Å². The Morgan fingerprint density at radius 2 is 2.03 bits per heavy atom. The number of alkyl halides is 2. The second-order valence-electron chi connectivity index (χ2n) is 7.14. The Morgan fingerprint density at radius 3 is 2.72 bits per heavy atom. The van der Waals surface area contributed by atoms with Crippen LogP contribution in [0.15, 0.2) is 42.4 Å². The van der Waals surface area contributed by atoms with Gasteiger partial charge in [-0.25, -0.2) is 0 Å². The van der Waals surface area contributed by atoms with Crippen molar-refractivity contribution in [1.82, 2.24) is 15.5 Å². The minimum absolute atomic E-state index is 0.142. The molecule has 2 aliphatic rings. The summed E-state index contributed by atoms with van der Waals surface area (Å²) >= 11 is 5.69. The summed E-state index contributed by atoms with van der Waals surface area (Å²) in [7, 11) is 0. The molecular weight excluding hydrogens is 444 g/mol. The Bertz CT molecular complexity index is 1340. The second kappa shape index (κ2) is 8.31. The van der Waals surface area contributed by atoms with Gasteiger partial charge in [-0.1, -0.05) is 35.8 Å². The molecule has 166 valence electrons. The monoisotopic (exact) mass is 466 g/mol. The van der Waals surface area contributed by atoms with Gasteiger partial charge in [0.2, 0.25) is 11.8 Å². The highest BCUT2D eigenvalue weighted by atomic mass is 35.5. The fourth-order valence-corrected chi connectivity index (χ4v) is 3.44. The maximum Gasteiger partial charge on any atom is 0.349 e. The fourth-order valence-electron chi connectivity index (χ4n) is 3.31. The molecule has 0 saturated carbocycles. The summed E-state index contributed by atoms with van der Waals surface area (Å²) in [6.45, 7) is -3.71. The van der Waals surface area contributed by atoms with Crippen LogP contribution in [0.2, 0.25) is 6.43 Å². The molecule has 2 N–H and O–H groups in total. The zero-order valence-electron chi connectivity index (χ0n) is 21.2. The van der Waals surface area contributed by atoms with Crippen molar-refractivity contribution < 1.29 is 34.9 Å². The van der Waals surface area contributed by atoms with Crippen LogP contribution in [-0.4, -0.2) is 34.6 Å². The zero-order chi connectivity index (χ0) is 27.4. The van der Waals surface area contributed by atoms with Crippen molar-refractivity contribution >= 4 is 35.2 Å². The van der Waals surface area contributed by atoms with Crippen LogP contribution >= 0.6 is 11.6 Å². The minimum Gasteiger partial charge on any atom is -0.346 e. The van der Waals surface area contributed by atoms with Crippen molar-refractivity contribution in [2.75, 3.05) is 0 Å². The van der Waals surface area contributed by atoms with Gasteiger partial charge in [0.05, 0.1) is 5.48 Å². The molecule has 1 fully saturated rings. The highest BCUT2D eigenvalue weighted by molar-refractivity contribution is 6.30. The molecule has 7 nitrogen and oxygen atoms in total. The van der Waals surface area contributed by atoms with E-state index in [9.17, 15) is 28.0 Å². The van der Waals surface area contributed by atoms with Crippen LogP contribution < -0.4 is 10.6 Å². The third kappa shape index (κ3) is 4.08. The molecule has 2 aromatic rings. The number of amides is 4. The Kier molecular flexibility index (Phi) is 4.24. The van der Waals surface area contributed by atoms with Gasteiger partial charge < -0.3 is 10.2 Å². The Labute approximate surface area is 193 Å². The number of carbonyl (C=O) groups is 4. The van der Waals surface area contributed by atoms with Crippen LogP contribution in [0.5, 0.6) is 0 Å². The van der Waals surface area contributed by atoms with Gasteiger partial charge in [-0.3, -0.25) is 24.5 Å². The number of nitrogens with zero attached hydrogens (tertiary/aromatic N) is 1. The van der Waals surface area contributed by atoms with Crippen LogP contribution in [0, 0.1) is 0 Å². The molecule has 1 saturated heterocycles. The van der Waals surface area contributed by atoms with Crippen LogP contribution in [0.4, 0.5) is 8.78 Å². The van der Waals surface area contributed by atoms with E-state index < -0.39 is 77.4 Å². The molecule has 4 rings (SSSR count). The van der Waals surface area contributed by atoms with Crippen LogP contribution in [-0.2, 0) is 33.3 Å². The van der Waals surface area contributed by atoms with E-state index in [4.69, 9.17) is 18.5 Å². The molecule has 0 aliphatic carbocycles. The molecule has 10 heteroatoms. The predicted molar refractivity (Wildman–Crippen MR) is 110 cm³/mol. The summed E-state index contributed by atoms with van der Waals surface area (Å²) in [6.07, 6.45) is -0.306. The molecular formula is C22H18ClF2N3O4. The molecule has 4 amide bonds. The van der Waals surface area contributed by atoms with Gasteiger partial charge in [0.15, 0.2) is 1.41 Å². The third-order valence-electron chi connectivity index (χ3n) is 5.00. The number of piperidine rings is 1. The van der Waals surface area contributed by atoms with Crippen LogP contribution in [0.3, 0.4) is 0 Å². The maximum atomic E-state index is 14.7. The molecule has 0 radical (unpaired) electrons. The lowest BCUT2D eigenvalue weighted by atomic mass is 10.0. The standard InChI is InChI=1S/C22H18ClF2N3O4/c23-15-4-2-14(3-5-15)22(24,25)21(32)26-10-12-1-6-16-13(9-12)11-28(20(16)31)17-7-8-18(29)27-19(17)30/h1-6,9,17H,7-8,10-11H2,(H,26,32)(H,27,29,30)/i1D,9D,11D2/hD. The Balaban J connectivity index is 1.66. The number of fused-ring (bicyclic) bond motifs is 1. The van der Waals surface area contributed by atoms with E-state index >= 15 is 0 Å². The van der Waals surface area contributed by atoms with E-state index in [1.165, 1.54) is 0 Å². The minimum atomic E-state index is -4.14. The largest absolute Gasteiger partial charge is 0.349 e. The Morgan fingerprint density at radius 1 is 1.31 bits per heavy atom. The molecule has 32 heavy (non-hydrogen) atoms. The van der Waals surface area contributed by atoms with Gasteiger partial charge in [-0.2, -0.15) is 8.78 Å². The van der Waals surface area contributed by atoms with Gasteiger partial charge in [0.25, 0.3) is 11.8 Å². The summed E-state index contributed by atoms with van der Waals surface area (Å²) in [5, 5.41) is 2.04. The molecule has 1 unspecified atom stereocenters. The van der Waals surface area contributed by atoms with E-state index in [0.29, 0.717) is 4.90 Å². The number of carbonyl (C=O) groups excluding carboxylic acids is 4. The first-order chi connectivity index (χ1) is 17.2. The van der Waals surface area contributed by atoms with Gasteiger partial charge in [0.1, 0.15) is 6.04 Å². The SMILES string of the molecule is [2H]c1cc2c(c([2H])c1CN([2H])C(=O)C(F)(F)c1ccc(Cl)cc1)C([2H])([2H])N(C1CCC(=O)NC1=O)C2=O. The van der Waals surface area contributed by atoms with E-state index in [1.807, 2.05) is 5.32 Å². The summed E-state index contributed by atoms with van der Waals surface area (Å²) in [4.78, 5) is 49.9. The van der Waals surface area contributed by atoms with Gasteiger partial charge in [0, 0.05) is 35.6 Å². The Hall–Kier alpha value is -3.33. The number of imide groups is 1. The number of hydrogen-bond acceptors (Lipinski definition) is 4. The van der Waals surface area contributed by atoms with E-state index in [-0.39, 0.29) is 28.7 Å². The highest BCUT2D eigenvalue weighted by Gasteiger charge is 2.41. The summed E-state index contributed by atoms with van der Waals surface area (Å²) < 4.78 is 71.0. The third-order valence-corrected chi connectivity index (χ3v) is 5.25. The van der Waals surface area contributed by atoms with Crippen molar-refractivity contribution in [2.45, 2.75) is 37.8 Å². The van der Waals surface area contributed by atoms with Crippen molar-refractivity contribution in [3.63, 3.8) is 0 Å². The first kappa shape index (κ1) is 16.3. The smallest absolute Gasteiger partial charge is 0.346 e. The predicted octanol–water partition coefficient (Wildman–Crippen LogP) is 2.51. The molecule has 2 heterocycles. The van der Waals surface area contributed by atoms with Gasteiger partial charge in [-0.05, 0) is 35.7 Å². The number of hydrogen-bond donors (Lipinski definition) is 2. The average molecular weight is 467 g/mol. The summed E-state index contributed by atoms with van der Waals surface area (Å²) in [5.74, 6) is -8.57. The van der Waals surface area contributed by atoms with E-state index in [2.05, 4.69) is 0 Å². The molecule has 1 atom stereocenters.